The minimum atomic E-state index is 0.413. The molecular weight excluding hydrogens is 214 g/mol. The van der Waals surface area contributed by atoms with E-state index in [1.54, 1.807) is 12.4 Å². The maximum atomic E-state index is 5.90. The summed E-state index contributed by atoms with van der Waals surface area (Å²) in [6, 6.07) is 0. The fourth-order valence-electron chi connectivity index (χ4n) is 1.46. The summed E-state index contributed by atoms with van der Waals surface area (Å²) in [6.07, 6.45) is 3.21. The zero-order valence-corrected chi connectivity index (χ0v) is 9.41. The molecule has 6 heteroatoms. The number of piperazine rings is 1. The highest BCUT2D eigenvalue weighted by Gasteiger charge is 2.14. The average Bonchev–Trinajstić information content (AvgIpc) is 2.25. The lowest BCUT2D eigenvalue weighted by Crippen LogP contribution is -2.47. The van der Waals surface area contributed by atoms with Crippen molar-refractivity contribution in [2.45, 2.75) is 0 Å². The maximum Gasteiger partial charge on any atom is 0.178 e. The van der Waals surface area contributed by atoms with Gasteiger partial charge in [0.25, 0.3) is 0 Å². The highest BCUT2D eigenvalue weighted by molar-refractivity contribution is 6.31. The van der Waals surface area contributed by atoms with Crippen LogP contribution in [0.5, 0.6) is 0 Å². The summed E-state index contributed by atoms with van der Waals surface area (Å²) in [5.74, 6) is 0.628. The van der Waals surface area contributed by atoms with Gasteiger partial charge in [0.1, 0.15) is 0 Å². The first kappa shape index (κ1) is 10.6. The molecule has 0 atom stereocenters. The molecule has 15 heavy (non-hydrogen) atoms. The molecule has 1 aliphatic rings. The largest absolute Gasteiger partial charge is 0.304 e. The quantitative estimate of drug-likeness (QED) is 0.806. The van der Waals surface area contributed by atoms with Gasteiger partial charge >= 0.3 is 0 Å². The van der Waals surface area contributed by atoms with Crippen LogP contribution >= 0.6 is 11.6 Å². The minimum absolute atomic E-state index is 0.413. The van der Waals surface area contributed by atoms with E-state index in [9.17, 15) is 0 Å². The number of likely N-dealkylation sites (N-methyl/N-ethyl adjacent to an activating group) is 1. The Morgan fingerprint density at radius 2 is 1.87 bits per heavy atom. The van der Waals surface area contributed by atoms with Crippen molar-refractivity contribution < 1.29 is 0 Å². The number of hydrogen-bond acceptors (Lipinski definition) is 5. The molecule has 2 heterocycles. The summed E-state index contributed by atoms with van der Waals surface area (Å²) in [5, 5.41) is 2.52. The Morgan fingerprint density at radius 1 is 1.20 bits per heavy atom. The van der Waals surface area contributed by atoms with Crippen molar-refractivity contribution in [3.8, 4) is 0 Å². The van der Waals surface area contributed by atoms with Crippen LogP contribution < -0.4 is 5.43 Å². The monoisotopic (exact) mass is 227 g/mol. The summed E-state index contributed by atoms with van der Waals surface area (Å²) in [6.45, 7) is 4.02. The van der Waals surface area contributed by atoms with Crippen LogP contribution in [-0.2, 0) is 0 Å². The number of halogens is 1. The van der Waals surface area contributed by atoms with E-state index in [-0.39, 0.29) is 0 Å². The van der Waals surface area contributed by atoms with Crippen molar-refractivity contribution in [2.24, 2.45) is 0 Å². The predicted octanol–water partition coefficient (Wildman–Crippen LogP) is 0.704. The van der Waals surface area contributed by atoms with Crippen LogP contribution in [0.4, 0.5) is 5.82 Å². The molecule has 0 saturated carbocycles. The molecule has 1 N–H and O–H groups in total. The zero-order chi connectivity index (χ0) is 10.7. The lowest BCUT2D eigenvalue weighted by molar-refractivity contribution is 0.178. The lowest BCUT2D eigenvalue weighted by Gasteiger charge is -2.32. The lowest BCUT2D eigenvalue weighted by atomic mass is 10.4. The number of nitrogens with zero attached hydrogens (tertiary/aromatic N) is 4. The molecule has 2 rings (SSSR count). The van der Waals surface area contributed by atoms with E-state index in [2.05, 4.69) is 32.4 Å². The van der Waals surface area contributed by atoms with Crippen molar-refractivity contribution in [2.75, 3.05) is 38.7 Å². The van der Waals surface area contributed by atoms with Gasteiger partial charge in [0.15, 0.2) is 11.0 Å². The highest BCUT2D eigenvalue weighted by Crippen LogP contribution is 2.15. The zero-order valence-electron chi connectivity index (χ0n) is 8.65. The molecular formula is C9H14ClN5. The molecule has 0 aromatic carbocycles. The number of anilines is 1. The van der Waals surface area contributed by atoms with E-state index in [1.807, 2.05) is 0 Å². The van der Waals surface area contributed by atoms with Crippen LogP contribution in [0.15, 0.2) is 12.4 Å². The second-order valence-electron chi connectivity index (χ2n) is 3.60. The molecule has 1 aromatic heterocycles. The Labute approximate surface area is 94.0 Å². The van der Waals surface area contributed by atoms with Gasteiger partial charge in [0.05, 0.1) is 0 Å². The number of nitrogens with one attached hydrogen (secondary N) is 1. The standard InChI is InChI=1S/C9H14ClN5/c1-14-4-6-15(7-5-14)13-9-8(10)11-2-3-12-9/h2-3H,4-7H2,1H3,(H,12,13). The van der Waals surface area contributed by atoms with E-state index in [0.717, 1.165) is 26.2 Å². The van der Waals surface area contributed by atoms with Gasteiger partial charge in [-0.2, -0.15) is 0 Å². The number of hydrazine groups is 1. The van der Waals surface area contributed by atoms with Gasteiger partial charge in [0.2, 0.25) is 0 Å². The molecule has 82 valence electrons. The SMILES string of the molecule is CN1CCN(Nc2nccnc2Cl)CC1. The van der Waals surface area contributed by atoms with Crippen molar-refractivity contribution in [3.05, 3.63) is 17.5 Å². The van der Waals surface area contributed by atoms with Crippen LogP contribution in [0, 0.1) is 0 Å². The van der Waals surface area contributed by atoms with Gasteiger partial charge in [0, 0.05) is 38.6 Å². The van der Waals surface area contributed by atoms with E-state index in [4.69, 9.17) is 11.6 Å². The van der Waals surface area contributed by atoms with Gasteiger partial charge in [-0.25, -0.2) is 15.0 Å². The molecule has 1 aliphatic heterocycles. The fraction of sp³-hybridized carbons (Fsp3) is 0.556. The van der Waals surface area contributed by atoms with Crippen LogP contribution in [0.3, 0.4) is 0 Å². The molecule has 0 amide bonds. The molecule has 0 unspecified atom stereocenters. The maximum absolute atomic E-state index is 5.90. The van der Waals surface area contributed by atoms with Gasteiger partial charge in [-0.05, 0) is 7.05 Å². The molecule has 0 aliphatic carbocycles. The van der Waals surface area contributed by atoms with Crippen LogP contribution in [0.1, 0.15) is 0 Å². The third kappa shape index (κ3) is 2.77. The Kier molecular flexibility index (Phi) is 3.35. The second-order valence-corrected chi connectivity index (χ2v) is 3.96. The van der Waals surface area contributed by atoms with Gasteiger partial charge in [-0.3, -0.25) is 0 Å². The Balaban J connectivity index is 1.95. The fourth-order valence-corrected chi connectivity index (χ4v) is 1.61. The van der Waals surface area contributed by atoms with Gasteiger partial charge in [-0.1, -0.05) is 11.6 Å². The first-order chi connectivity index (χ1) is 7.25. The number of aromatic nitrogens is 2. The van der Waals surface area contributed by atoms with E-state index < -0.39 is 0 Å². The van der Waals surface area contributed by atoms with Gasteiger partial charge in [-0.15, -0.1) is 0 Å². The van der Waals surface area contributed by atoms with E-state index in [0.29, 0.717) is 11.0 Å². The highest BCUT2D eigenvalue weighted by atomic mass is 35.5. The molecule has 0 spiro atoms. The van der Waals surface area contributed by atoms with Crippen molar-refractivity contribution in [1.82, 2.24) is 19.9 Å². The van der Waals surface area contributed by atoms with Gasteiger partial charge < -0.3 is 10.3 Å². The Morgan fingerprint density at radius 3 is 2.53 bits per heavy atom. The minimum Gasteiger partial charge on any atom is -0.304 e. The molecule has 1 aromatic rings. The van der Waals surface area contributed by atoms with Crippen LogP contribution in [0.25, 0.3) is 0 Å². The predicted molar refractivity (Wildman–Crippen MR) is 59.7 cm³/mol. The van der Waals surface area contributed by atoms with Crippen molar-refractivity contribution >= 4 is 17.4 Å². The third-order valence-corrected chi connectivity index (χ3v) is 2.70. The normalized spacial score (nSPS) is 19.1. The van der Waals surface area contributed by atoms with Crippen LogP contribution in [0.2, 0.25) is 5.15 Å². The number of rotatable bonds is 2. The summed E-state index contributed by atoms with van der Waals surface area (Å²) >= 11 is 5.90. The van der Waals surface area contributed by atoms with Crippen molar-refractivity contribution in [3.63, 3.8) is 0 Å². The van der Waals surface area contributed by atoms with Crippen LogP contribution in [-0.4, -0.2) is 53.1 Å². The first-order valence-corrected chi connectivity index (χ1v) is 5.30. The molecule has 0 bridgehead atoms. The Bertz CT molecular complexity index is 324. The molecule has 0 radical (unpaired) electrons. The van der Waals surface area contributed by atoms with E-state index >= 15 is 0 Å². The van der Waals surface area contributed by atoms with Crippen molar-refractivity contribution in [1.29, 1.82) is 0 Å². The first-order valence-electron chi connectivity index (χ1n) is 4.92. The van der Waals surface area contributed by atoms with E-state index in [1.165, 1.54) is 0 Å². The summed E-state index contributed by atoms with van der Waals surface area (Å²) < 4.78 is 0. The second kappa shape index (κ2) is 4.74. The summed E-state index contributed by atoms with van der Waals surface area (Å²) in [4.78, 5) is 10.4. The molecule has 1 fully saturated rings. The third-order valence-electron chi connectivity index (χ3n) is 2.42. The molecule has 1 saturated heterocycles. The smallest absolute Gasteiger partial charge is 0.178 e. The average molecular weight is 228 g/mol. The molecule has 5 nitrogen and oxygen atoms in total. The summed E-state index contributed by atoms with van der Waals surface area (Å²) in [7, 11) is 2.12. The summed E-state index contributed by atoms with van der Waals surface area (Å²) in [5.41, 5.74) is 3.17. The topological polar surface area (TPSA) is 44.3 Å². The number of hydrogen-bond donors (Lipinski definition) is 1. The Hall–Kier alpha value is -0.910.